The molecule has 5 rings (SSSR count). The molecule has 0 radical (unpaired) electrons. The Morgan fingerprint density at radius 3 is 2.50 bits per heavy atom. The van der Waals surface area contributed by atoms with Crippen LogP contribution in [-0.4, -0.2) is 36.9 Å². The Kier molecular flexibility index (Phi) is 4.47. The van der Waals surface area contributed by atoms with E-state index in [1.54, 1.807) is 15.5 Å². The van der Waals surface area contributed by atoms with Crippen LogP contribution >= 0.6 is 0 Å². The van der Waals surface area contributed by atoms with Crippen molar-refractivity contribution in [3.8, 4) is 0 Å². The van der Waals surface area contributed by atoms with Gasteiger partial charge < -0.3 is 14.8 Å². The largest absolute Gasteiger partial charge is 0.330 e. The molecule has 2 amide bonds. The molecule has 1 N–H and O–H groups in total. The van der Waals surface area contributed by atoms with Crippen molar-refractivity contribution in [1.82, 2.24) is 19.1 Å². The number of halogens is 1. The summed E-state index contributed by atoms with van der Waals surface area (Å²) in [6.07, 6.45) is 1.84. The molecule has 3 aromatic rings. The number of nitrogens with zero attached hydrogens (tertiary/aromatic N) is 4. The molecule has 0 atom stereocenters. The lowest BCUT2D eigenvalue weighted by Crippen LogP contribution is -2.30. The van der Waals surface area contributed by atoms with E-state index in [1.807, 2.05) is 20.8 Å². The Labute approximate surface area is 183 Å². The van der Waals surface area contributed by atoms with Crippen LogP contribution in [0.25, 0.3) is 5.65 Å². The molecule has 1 fully saturated rings. The molecule has 2 aliphatic rings. The van der Waals surface area contributed by atoms with E-state index in [9.17, 15) is 18.8 Å². The predicted octanol–water partition coefficient (Wildman–Crippen LogP) is 2.69. The quantitative estimate of drug-likeness (QED) is 0.680. The van der Waals surface area contributed by atoms with Gasteiger partial charge in [-0.3, -0.25) is 14.4 Å². The average Bonchev–Trinajstić information content (AvgIpc) is 3.35. The Morgan fingerprint density at radius 2 is 1.88 bits per heavy atom. The minimum Gasteiger partial charge on any atom is -0.330 e. The van der Waals surface area contributed by atoms with E-state index in [2.05, 4.69) is 10.4 Å². The van der Waals surface area contributed by atoms with Crippen molar-refractivity contribution in [2.24, 2.45) is 0 Å². The molecule has 0 spiro atoms. The molecule has 8 nitrogen and oxygen atoms in total. The molecular weight excluding hydrogens is 413 g/mol. The van der Waals surface area contributed by atoms with Crippen LogP contribution in [-0.2, 0) is 23.3 Å². The van der Waals surface area contributed by atoms with Crippen LogP contribution < -0.4 is 10.9 Å². The van der Waals surface area contributed by atoms with Crippen LogP contribution in [0.5, 0.6) is 0 Å². The van der Waals surface area contributed by atoms with Crippen molar-refractivity contribution in [2.45, 2.75) is 58.2 Å². The van der Waals surface area contributed by atoms with Crippen molar-refractivity contribution in [2.75, 3.05) is 5.32 Å². The van der Waals surface area contributed by atoms with Gasteiger partial charge >= 0.3 is 0 Å². The van der Waals surface area contributed by atoms with Gasteiger partial charge in [-0.2, -0.15) is 9.61 Å². The molecule has 32 heavy (non-hydrogen) atoms. The number of anilines is 1. The molecule has 2 aromatic heterocycles. The monoisotopic (exact) mass is 437 g/mol. The summed E-state index contributed by atoms with van der Waals surface area (Å²) in [6, 6.07) is 7.36. The van der Waals surface area contributed by atoms with Gasteiger partial charge in [0, 0.05) is 23.2 Å². The fourth-order valence-corrected chi connectivity index (χ4v) is 4.07. The SMILES string of the molecule is CC(C)(C)c1cc2n(CC(=O)Nc3ccc(F)cc3)c3c(c(=O)n2n1)CN(C1CC1)C3=O. The van der Waals surface area contributed by atoms with Crippen molar-refractivity contribution in [1.29, 1.82) is 0 Å². The summed E-state index contributed by atoms with van der Waals surface area (Å²) in [5.74, 6) is -1.02. The highest BCUT2D eigenvalue weighted by Gasteiger charge is 2.42. The molecule has 1 aliphatic carbocycles. The van der Waals surface area contributed by atoms with E-state index in [-0.39, 0.29) is 47.6 Å². The van der Waals surface area contributed by atoms with Gasteiger partial charge in [0.2, 0.25) is 5.91 Å². The summed E-state index contributed by atoms with van der Waals surface area (Å²) in [5.41, 5.74) is 1.52. The van der Waals surface area contributed by atoms with E-state index in [0.29, 0.717) is 22.6 Å². The number of aromatic nitrogens is 3. The summed E-state index contributed by atoms with van der Waals surface area (Å²) >= 11 is 0. The van der Waals surface area contributed by atoms with Crippen LogP contribution in [0, 0.1) is 5.82 Å². The summed E-state index contributed by atoms with van der Waals surface area (Å²) in [6.45, 7) is 6.01. The smallest absolute Gasteiger partial charge is 0.280 e. The highest BCUT2D eigenvalue weighted by Crippen LogP contribution is 2.34. The topological polar surface area (TPSA) is 88.7 Å². The van der Waals surface area contributed by atoms with E-state index in [4.69, 9.17) is 0 Å². The second kappa shape index (κ2) is 7.01. The van der Waals surface area contributed by atoms with Crippen molar-refractivity contribution in [3.05, 3.63) is 63.5 Å². The highest BCUT2D eigenvalue weighted by molar-refractivity contribution is 5.99. The second-order valence-electron chi connectivity index (χ2n) is 9.49. The molecule has 1 aromatic carbocycles. The van der Waals surface area contributed by atoms with E-state index >= 15 is 0 Å². The third-order valence-electron chi connectivity index (χ3n) is 5.95. The van der Waals surface area contributed by atoms with Crippen LogP contribution in [0.2, 0.25) is 0 Å². The number of hydrogen-bond acceptors (Lipinski definition) is 4. The maximum atomic E-state index is 13.2. The number of rotatable bonds is 4. The fraction of sp³-hybridized carbons (Fsp3) is 0.391. The summed E-state index contributed by atoms with van der Waals surface area (Å²) < 4.78 is 16.1. The lowest BCUT2D eigenvalue weighted by molar-refractivity contribution is -0.116. The maximum Gasteiger partial charge on any atom is 0.280 e. The Bertz CT molecular complexity index is 1310. The normalized spacial score (nSPS) is 16.0. The molecule has 3 heterocycles. The number of carbonyl (C=O) groups excluding carboxylic acids is 2. The van der Waals surface area contributed by atoms with Gasteiger partial charge in [0.1, 0.15) is 23.7 Å². The fourth-order valence-electron chi connectivity index (χ4n) is 4.07. The number of amides is 2. The Morgan fingerprint density at radius 1 is 1.19 bits per heavy atom. The molecular formula is C23H24FN5O3. The number of carbonyl (C=O) groups is 2. The van der Waals surface area contributed by atoms with Gasteiger partial charge in [0.15, 0.2) is 0 Å². The van der Waals surface area contributed by atoms with Crippen molar-refractivity contribution >= 4 is 23.1 Å². The van der Waals surface area contributed by atoms with E-state index < -0.39 is 5.82 Å². The maximum absolute atomic E-state index is 13.2. The number of nitrogens with one attached hydrogen (secondary N) is 1. The van der Waals surface area contributed by atoms with Crippen molar-refractivity contribution in [3.63, 3.8) is 0 Å². The predicted molar refractivity (Wildman–Crippen MR) is 116 cm³/mol. The molecule has 166 valence electrons. The van der Waals surface area contributed by atoms with Gasteiger partial charge in [-0.1, -0.05) is 20.8 Å². The third kappa shape index (κ3) is 3.37. The van der Waals surface area contributed by atoms with Gasteiger partial charge in [-0.25, -0.2) is 4.39 Å². The van der Waals surface area contributed by atoms with Crippen LogP contribution in [0.15, 0.2) is 35.1 Å². The Balaban J connectivity index is 1.61. The van der Waals surface area contributed by atoms with Crippen LogP contribution in [0.3, 0.4) is 0 Å². The third-order valence-corrected chi connectivity index (χ3v) is 5.95. The first-order valence-corrected chi connectivity index (χ1v) is 10.7. The first-order valence-electron chi connectivity index (χ1n) is 10.7. The van der Waals surface area contributed by atoms with Crippen molar-refractivity contribution < 1.29 is 14.0 Å². The lowest BCUT2D eigenvalue weighted by atomic mass is 9.93. The number of fused-ring (bicyclic) bond motifs is 2. The summed E-state index contributed by atoms with van der Waals surface area (Å²) in [7, 11) is 0. The minimum atomic E-state index is -0.400. The van der Waals surface area contributed by atoms with Gasteiger partial charge in [-0.15, -0.1) is 0 Å². The van der Waals surface area contributed by atoms with Gasteiger partial charge in [0.25, 0.3) is 11.5 Å². The van der Waals surface area contributed by atoms with E-state index in [0.717, 1.165) is 12.8 Å². The van der Waals surface area contributed by atoms with Gasteiger partial charge in [-0.05, 0) is 37.1 Å². The standard InChI is InChI=1S/C23H24FN5O3/c1-23(2,3)17-10-19-28(12-18(30)25-14-6-4-13(24)5-7-14)20-16(21(31)29(19)26-17)11-27(22(20)32)15-8-9-15/h4-7,10,15H,8-9,11-12H2,1-3H3,(H,25,30). The molecule has 9 heteroatoms. The summed E-state index contributed by atoms with van der Waals surface area (Å²) in [4.78, 5) is 41.1. The first kappa shape index (κ1) is 20.4. The number of benzene rings is 1. The highest BCUT2D eigenvalue weighted by atomic mass is 19.1. The zero-order valence-electron chi connectivity index (χ0n) is 18.2. The summed E-state index contributed by atoms with van der Waals surface area (Å²) in [5, 5.41) is 7.24. The minimum absolute atomic E-state index is 0.147. The average molecular weight is 437 g/mol. The van der Waals surface area contributed by atoms with Gasteiger partial charge in [0.05, 0.1) is 17.8 Å². The van der Waals surface area contributed by atoms with Crippen LogP contribution in [0.1, 0.15) is 55.4 Å². The zero-order valence-corrected chi connectivity index (χ0v) is 18.2. The molecule has 0 bridgehead atoms. The second-order valence-corrected chi connectivity index (χ2v) is 9.49. The van der Waals surface area contributed by atoms with E-state index in [1.165, 1.54) is 28.8 Å². The molecule has 0 saturated heterocycles. The zero-order chi connectivity index (χ0) is 22.8. The molecule has 0 unspecified atom stereocenters. The Hall–Kier alpha value is -3.49. The molecule has 1 aliphatic heterocycles. The first-order chi connectivity index (χ1) is 15.1. The van der Waals surface area contributed by atoms with Crippen LogP contribution in [0.4, 0.5) is 10.1 Å². The lowest BCUT2D eigenvalue weighted by Gasteiger charge is -2.15. The number of hydrogen-bond donors (Lipinski definition) is 1. The molecule has 1 saturated carbocycles.